The van der Waals surface area contributed by atoms with Crippen molar-refractivity contribution in [3.63, 3.8) is 0 Å². The quantitative estimate of drug-likeness (QED) is 0.643. The average molecular weight is 349 g/mol. The second-order valence-electron chi connectivity index (χ2n) is 5.23. The summed E-state index contributed by atoms with van der Waals surface area (Å²) >= 11 is 0.722. The molecule has 1 fully saturated rings. The van der Waals surface area contributed by atoms with Crippen LogP contribution in [0, 0.1) is 0 Å². The van der Waals surface area contributed by atoms with Gasteiger partial charge in [-0.2, -0.15) is 0 Å². The summed E-state index contributed by atoms with van der Waals surface area (Å²) in [4.78, 5) is 47.5. The molecule has 0 aromatic heterocycles. The predicted molar refractivity (Wildman–Crippen MR) is 87.3 cm³/mol. The van der Waals surface area contributed by atoms with Crippen LogP contribution in [0.3, 0.4) is 0 Å². The van der Waals surface area contributed by atoms with Gasteiger partial charge < -0.3 is 9.84 Å². The van der Waals surface area contributed by atoms with Crippen molar-refractivity contribution < 1.29 is 29.0 Å². The number of ether oxygens (including phenoxy) is 1. The molecule has 1 heterocycles. The van der Waals surface area contributed by atoms with E-state index in [1.54, 1.807) is 13.8 Å². The topological polar surface area (TPSA) is 101 Å². The maximum Gasteiger partial charge on any atom is 0.335 e. The van der Waals surface area contributed by atoms with E-state index in [1.165, 1.54) is 30.3 Å². The third kappa shape index (κ3) is 4.23. The number of rotatable bonds is 5. The Bertz CT molecular complexity index is 723. The normalized spacial score (nSPS) is 16.1. The standard InChI is InChI=1S/C16H15NO6S/c1-9(2)23-13(18)8-17-14(19)12(24-16(17)22)7-10-3-5-11(6-4-10)15(20)21/h3-7,9H,8H2,1-2H3,(H,20,21)/b12-7+. The molecule has 2 amide bonds. The van der Waals surface area contributed by atoms with E-state index < -0.39 is 29.6 Å². The first-order chi connectivity index (χ1) is 11.3. The van der Waals surface area contributed by atoms with Crippen LogP contribution in [-0.2, 0) is 14.3 Å². The van der Waals surface area contributed by atoms with Crippen LogP contribution in [0.5, 0.6) is 0 Å². The molecular formula is C16H15NO6S. The minimum atomic E-state index is -1.05. The molecule has 0 spiro atoms. The fraction of sp³-hybridized carbons (Fsp3) is 0.250. The molecule has 0 radical (unpaired) electrons. The highest BCUT2D eigenvalue weighted by Crippen LogP contribution is 2.32. The first-order valence-corrected chi connectivity index (χ1v) is 7.88. The molecular weight excluding hydrogens is 334 g/mol. The summed E-state index contributed by atoms with van der Waals surface area (Å²) in [5, 5.41) is 8.30. The Morgan fingerprint density at radius 3 is 2.42 bits per heavy atom. The molecule has 0 aliphatic carbocycles. The molecule has 1 aliphatic heterocycles. The van der Waals surface area contributed by atoms with Crippen molar-refractivity contribution >= 4 is 40.9 Å². The number of carboxylic acids is 1. The van der Waals surface area contributed by atoms with Crippen molar-refractivity contribution in [2.24, 2.45) is 0 Å². The Balaban J connectivity index is 2.12. The second kappa shape index (κ2) is 7.31. The van der Waals surface area contributed by atoms with E-state index >= 15 is 0 Å². The van der Waals surface area contributed by atoms with Gasteiger partial charge in [0.1, 0.15) is 6.54 Å². The Hall–Kier alpha value is -2.61. The van der Waals surface area contributed by atoms with Crippen LogP contribution in [0.25, 0.3) is 6.08 Å². The summed E-state index contributed by atoms with van der Waals surface area (Å²) in [6, 6.07) is 5.87. The van der Waals surface area contributed by atoms with E-state index in [0.717, 1.165) is 16.7 Å². The van der Waals surface area contributed by atoms with E-state index in [9.17, 15) is 19.2 Å². The van der Waals surface area contributed by atoms with E-state index in [0.29, 0.717) is 5.56 Å². The molecule has 1 aromatic rings. The van der Waals surface area contributed by atoms with E-state index in [2.05, 4.69) is 0 Å². The maximum atomic E-state index is 12.2. The molecule has 0 saturated carbocycles. The van der Waals surface area contributed by atoms with Gasteiger partial charge in [-0.25, -0.2) is 4.79 Å². The van der Waals surface area contributed by atoms with Crippen molar-refractivity contribution in [2.75, 3.05) is 6.54 Å². The lowest BCUT2D eigenvalue weighted by Crippen LogP contribution is -2.35. The molecule has 1 aliphatic rings. The van der Waals surface area contributed by atoms with Crippen LogP contribution >= 0.6 is 11.8 Å². The second-order valence-corrected chi connectivity index (χ2v) is 6.23. The number of carboxylic acid groups (broad SMARTS) is 1. The van der Waals surface area contributed by atoms with Gasteiger partial charge in [-0.3, -0.25) is 19.3 Å². The van der Waals surface area contributed by atoms with Gasteiger partial charge in [0.2, 0.25) is 0 Å². The lowest BCUT2D eigenvalue weighted by molar-refractivity contribution is -0.149. The van der Waals surface area contributed by atoms with E-state index in [4.69, 9.17) is 9.84 Å². The minimum absolute atomic E-state index is 0.122. The van der Waals surface area contributed by atoms with Crippen LogP contribution in [0.4, 0.5) is 4.79 Å². The predicted octanol–water partition coefficient (Wildman–Crippen LogP) is 2.37. The monoisotopic (exact) mass is 349 g/mol. The number of aromatic carboxylic acids is 1. The number of imide groups is 1. The van der Waals surface area contributed by atoms with Gasteiger partial charge in [-0.1, -0.05) is 12.1 Å². The van der Waals surface area contributed by atoms with Gasteiger partial charge >= 0.3 is 11.9 Å². The van der Waals surface area contributed by atoms with E-state index in [1.807, 2.05) is 0 Å². The third-order valence-corrected chi connectivity index (χ3v) is 3.89. The Morgan fingerprint density at radius 2 is 1.88 bits per heavy atom. The molecule has 1 saturated heterocycles. The van der Waals surface area contributed by atoms with Crippen LogP contribution in [0.2, 0.25) is 0 Å². The molecule has 7 nitrogen and oxygen atoms in total. The highest BCUT2D eigenvalue weighted by atomic mass is 32.2. The Labute approximate surface area is 142 Å². The van der Waals surface area contributed by atoms with Crippen LogP contribution < -0.4 is 0 Å². The fourth-order valence-corrected chi connectivity index (χ4v) is 2.78. The average Bonchev–Trinajstić information content (AvgIpc) is 2.74. The molecule has 24 heavy (non-hydrogen) atoms. The highest BCUT2D eigenvalue weighted by molar-refractivity contribution is 8.18. The van der Waals surface area contributed by atoms with Gasteiger partial charge in [0.05, 0.1) is 16.6 Å². The molecule has 8 heteroatoms. The summed E-state index contributed by atoms with van der Waals surface area (Å²) < 4.78 is 4.93. The number of carbonyl (C=O) groups excluding carboxylic acids is 3. The van der Waals surface area contributed by atoms with Crippen molar-refractivity contribution in [1.82, 2.24) is 4.90 Å². The minimum Gasteiger partial charge on any atom is -0.478 e. The number of thioether (sulfide) groups is 1. The van der Waals surface area contributed by atoms with Crippen LogP contribution in [-0.4, -0.2) is 45.7 Å². The summed E-state index contributed by atoms with van der Waals surface area (Å²) in [5.41, 5.74) is 0.701. The number of benzene rings is 1. The van der Waals surface area contributed by atoms with Gasteiger partial charge in [-0.05, 0) is 49.4 Å². The molecule has 0 atom stereocenters. The summed E-state index contributed by atoms with van der Waals surface area (Å²) in [6.45, 7) is 2.91. The first kappa shape index (κ1) is 17.7. The summed E-state index contributed by atoms with van der Waals surface area (Å²) in [5.74, 6) is -2.28. The van der Waals surface area contributed by atoms with Crippen LogP contribution in [0.1, 0.15) is 29.8 Å². The fourth-order valence-electron chi connectivity index (χ4n) is 1.94. The smallest absolute Gasteiger partial charge is 0.335 e. The zero-order chi connectivity index (χ0) is 17.9. The molecule has 126 valence electrons. The zero-order valence-electron chi connectivity index (χ0n) is 13.0. The molecule has 2 rings (SSSR count). The van der Waals surface area contributed by atoms with Gasteiger partial charge in [0.15, 0.2) is 0 Å². The summed E-state index contributed by atoms with van der Waals surface area (Å²) in [7, 11) is 0. The van der Waals surface area contributed by atoms with Crippen molar-refractivity contribution in [2.45, 2.75) is 20.0 Å². The largest absolute Gasteiger partial charge is 0.478 e. The van der Waals surface area contributed by atoms with Crippen molar-refractivity contribution in [3.8, 4) is 0 Å². The molecule has 0 bridgehead atoms. The number of esters is 1. The molecule has 0 unspecified atom stereocenters. The lowest BCUT2D eigenvalue weighted by Gasteiger charge is -2.13. The number of carbonyl (C=O) groups is 4. The van der Waals surface area contributed by atoms with Gasteiger partial charge in [0, 0.05) is 0 Å². The lowest BCUT2D eigenvalue weighted by atomic mass is 10.1. The van der Waals surface area contributed by atoms with E-state index in [-0.39, 0.29) is 16.6 Å². The Morgan fingerprint density at radius 1 is 1.25 bits per heavy atom. The highest BCUT2D eigenvalue weighted by Gasteiger charge is 2.36. The maximum absolute atomic E-state index is 12.2. The number of hydrogen-bond donors (Lipinski definition) is 1. The molecule has 1 aromatic carbocycles. The number of nitrogens with zero attached hydrogens (tertiary/aromatic N) is 1. The summed E-state index contributed by atoms with van der Waals surface area (Å²) in [6.07, 6.45) is 1.14. The third-order valence-electron chi connectivity index (χ3n) is 2.98. The van der Waals surface area contributed by atoms with Gasteiger partial charge in [-0.15, -0.1) is 0 Å². The van der Waals surface area contributed by atoms with Gasteiger partial charge in [0.25, 0.3) is 11.1 Å². The zero-order valence-corrected chi connectivity index (χ0v) is 13.8. The SMILES string of the molecule is CC(C)OC(=O)CN1C(=O)S/C(=C/c2ccc(C(=O)O)cc2)C1=O. The van der Waals surface area contributed by atoms with Crippen molar-refractivity contribution in [1.29, 1.82) is 0 Å². The van der Waals surface area contributed by atoms with Crippen LogP contribution in [0.15, 0.2) is 29.2 Å². The number of hydrogen-bond acceptors (Lipinski definition) is 6. The van der Waals surface area contributed by atoms with Crippen molar-refractivity contribution in [3.05, 3.63) is 40.3 Å². The Kier molecular flexibility index (Phi) is 5.40. The number of amides is 2. The first-order valence-electron chi connectivity index (χ1n) is 7.06. The molecule has 1 N–H and O–H groups in total.